The van der Waals surface area contributed by atoms with Gasteiger partial charge in [-0.25, -0.2) is 4.98 Å². The molecule has 3 heteroatoms. The fraction of sp³-hybridized carbons (Fsp3) is 0.390. The summed E-state index contributed by atoms with van der Waals surface area (Å²) in [5, 5.41) is 9.72. The highest BCUT2D eigenvalue weighted by molar-refractivity contribution is 5.86. The lowest BCUT2D eigenvalue weighted by Gasteiger charge is -2.25. The third-order valence-electron chi connectivity index (χ3n) is 8.06. The minimum atomic E-state index is -0.0325. The van der Waals surface area contributed by atoms with Gasteiger partial charge >= 0.3 is 0 Å². The van der Waals surface area contributed by atoms with E-state index in [1.165, 1.54) is 22.3 Å². The molecule has 0 aliphatic heterocycles. The first-order valence-corrected chi connectivity index (χ1v) is 15.7. The van der Waals surface area contributed by atoms with Crippen LogP contribution in [0.1, 0.15) is 105 Å². The van der Waals surface area contributed by atoms with Gasteiger partial charge in [-0.05, 0) is 73.7 Å². The van der Waals surface area contributed by atoms with Gasteiger partial charge in [0, 0.05) is 11.1 Å². The highest BCUT2D eigenvalue weighted by Crippen LogP contribution is 2.39. The smallest absolute Gasteiger partial charge is 0.227 e. The number of hydrogen-bond acceptors (Lipinski definition) is 3. The van der Waals surface area contributed by atoms with E-state index in [1.807, 2.05) is 24.3 Å². The molecule has 0 bridgehead atoms. The Labute approximate surface area is 265 Å². The Morgan fingerprint density at radius 2 is 1.00 bits per heavy atom. The molecule has 0 radical (unpaired) electrons. The summed E-state index contributed by atoms with van der Waals surface area (Å²) in [7, 11) is 0. The van der Waals surface area contributed by atoms with Crippen molar-refractivity contribution in [2.75, 3.05) is 0 Å². The van der Waals surface area contributed by atoms with Crippen molar-refractivity contribution in [2.45, 2.75) is 105 Å². The van der Waals surface area contributed by atoms with E-state index in [2.05, 4.69) is 144 Å². The van der Waals surface area contributed by atoms with Gasteiger partial charge in [0.25, 0.3) is 0 Å². The molecule has 44 heavy (non-hydrogen) atoms. The summed E-state index contributed by atoms with van der Waals surface area (Å²) in [5.74, 6) is 1.04. The van der Waals surface area contributed by atoms with Crippen molar-refractivity contribution in [1.82, 2.24) is 4.98 Å². The van der Waals surface area contributed by atoms with Crippen LogP contribution < -0.4 is 0 Å². The molecule has 3 nitrogen and oxygen atoms in total. The molecule has 232 valence electrons. The van der Waals surface area contributed by atoms with Gasteiger partial charge in [0.15, 0.2) is 5.58 Å². The number of phenolic OH excluding ortho intramolecular Hbond substituents is 1. The maximum atomic E-state index is 9.72. The fourth-order valence-electron chi connectivity index (χ4n) is 5.15. The molecule has 5 aromatic rings. The first-order chi connectivity index (χ1) is 20.2. The fourth-order valence-corrected chi connectivity index (χ4v) is 5.15. The summed E-state index contributed by atoms with van der Waals surface area (Å²) in [6.07, 6.45) is 0. The zero-order chi connectivity index (χ0) is 32.7. The Morgan fingerprint density at radius 3 is 1.50 bits per heavy atom. The molecule has 0 amide bonds. The number of rotatable bonds is 2. The number of phenols is 1. The zero-order valence-corrected chi connectivity index (χ0v) is 28.9. The lowest BCUT2D eigenvalue weighted by atomic mass is 9.80. The lowest BCUT2D eigenvalue weighted by Crippen LogP contribution is -2.16. The molecule has 4 aromatic carbocycles. The average Bonchev–Trinajstić information content (AvgIpc) is 3.35. The van der Waals surface area contributed by atoms with Crippen LogP contribution in [0.25, 0.3) is 33.7 Å². The van der Waals surface area contributed by atoms with Gasteiger partial charge in [-0.15, -0.1) is 0 Å². The zero-order valence-electron chi connectivity index (χ0n) is 28.9. The van der Waals surface area contributed by atoms with Crippen LogP contribution in [0.15, 0.2) is 89.3 Å². The van der Waals surface area contributed by atoms with Crippen LogP contribution in [0.5, 0.6) is 5.75 Å². The average molecular weight is 590 g/mol. The largest absolute Gasteiger partial charge is 0.508 e. The molecule has 1 aromatic heterocycles. The normalized spacial score (nSPS) is 12.6. The molecule has 5 rings (SSSR count). The number of aromatic nitrogens is 1. The van der Waals surface area contributed by atoms with E-state index in [0.717, 1.165) is 27.8 Å². The Balaban J connectivity index is 0.000000249. The summed E-state index contributed by atoms with van der Waals surface area (Å²) in [6.45, 7) is 26.4. The third-order valence-corrected chi connectivity index (χ3v) is 8.06. The summed E-state index contributed by atoms with van der Waals surface area (Å²) >= 11 is 0. The summed E-state index contributed by atoms with van der Waals surface area (Å²) in [4.78, 5) is 4.95. The van der Waals surface area contributed by atoms with Crippen LogP contribution in [0.3, 0.4) is 0 Å². The Bertz CT molecular complexity index is 1700. The van der Waals surface area contributed by atoms with Crippen LogP contribution in [-0.4, -0.2) is 10.1 Å². The maximum Gasteiger partial charge on any atom is 0.227 e. The number of fused-ring (bicyclic) bond motifs is 1. The number of nitrogens with zero attached hydrogens (tertiary/aromatic N) is 1. The van der Waals surface area contributed by atoms with Crippen molar-refractivity contribution in [1.29, 1.82) is 0 Å². The van der Waals surface area contributed by atoms with Crippen molar-refractivity contribution < 1.29 is 9.52 Å². The minimum absolute atomic E-state index is 0.0325. The van der Waals surface area contributed by atoms with Crippen molar-refractivity contribution in [2.24, 2.45) is 0 Å². The summed E-state index contributed by atoms with van der Waals surface area (Å²) < 4.78 is 6.43. The van der Waals surface area contributed by atoms with Crippen LogP contribution in [0.4, 0.5) is 0 Å². The second-order valence-electron chi connectivity index (χ2n) is 16.1. The summed E-state index contributed by atoms with van der Waals surface area (Å²) in [6, 6.07) is 29.1. The van der Waals surface area contributed by atoms with E-state index in [1.54, 1.807) is 0 Å². The molecule has 1 N–H and O–H groups in total. The number of benzene rings is 4. The molecule has 1 heterocycles. The molecule has 0 atom stereocenters. The molecule has 0 saturated carbocycles. The van der Waals surface area contributed by atoms with E-state index in [0.29, 0.717) is 11.6 Å². The highest BCUT2D eigenvalue weighted by Gasteiger charge is 2.26. The molecule has 0 fully saturated rings. The Morgan fingerprint density at radius 1 is 0.523 bits per heavy atom. The van der Waals surface area contributed by atoms with E-state index in [4.69, 9.17) is 9.40 Å². The molecule has 0 saturated heterocycles. The Hall–Kier alpha value is -3.85. The maximum absolute atomic E-state index is 9.72. The molecular weight excluding hydrogens is 538 g/mol. The van der Waals surface area contributed by atoms with Gasteiger partial charge in [0.2, 0.25) is 5.89 Å². The molecule has 0 aliphatic rings. The van der Waals surface area contributed by atoms with Gasteiger partial charge in [0.05, 0.1) is 0 Å². The third kappa shape index (κ3) is 7.62. The van der Waals surface area contributed by atoms with Gasteiger partial charge in [-0.2, -0.15) is 0 Å². The number of hydrogen-bond donors (Lipinski definition) is 1. The van der Waals surface area contributed by atoms with Crippen LogP contribution >= 0.6 is 0 Å². The number of aromatic hydroxyl groups is 1. The van der Waals surface area contributed by atoms with E-state index >= 15 is 0 Å². The van der Waals surface area contributed by atoms with Gasteiger partial charge in [-0.3, -0.25) is 0 Å². The molecule has 0 spiro atoms. The second-order valence-corrected chi connectivity index (χ2v) is 16.1. The Kier molecular flexibility index (Phi) is 8.95. The van der Waals surface area contributed by atoms with Gasteiger partial charge in [-0.1, -0.05) is 144 Å². The van der Waals surface area contributed by atoms with Gasteiger partial charge < -0.3 is 9.52 Å². The van der Waals surface area contributed by atoms with Crippen molar-refractivity contribution in [3.8, 4) is 28.3 Å². The number of oxazole rings is 1. The van der Waals surface area contributed by atoms with Crippen LogP contribution in [0, 0.1) is 0 Å². The highest BCUT2D eigenvalue weighted by atomic mass is 16.3. The second kappa shape index (κ2) is 11.9. The predicted octanol–water partition coefficient (Wildman–Crippen LogP) is 11.7. The van der Waals surface area contributed by atoms with Crippen LogP contribution in [0.2, 0.25) is 0 Å². The minimum Gasteiger partial charge on any atom is -0.508 e. The van der Waals surface area contributed by atoms with E-state index in [9.17, 15) is 5.11 Å². The van der Waals surface area contributed by atoms with Crippen molar-refractivity contribution >= 4 is 11.1 Å². The van der Waals surface area contributed by atoms with Gasteiger partial charge in [0.1, 0.15) is 11.3 Å². The van der Waals surface area contributed by atoms with Crippen LogP contribution in [-0.2, 0) is 21.7 Å². The molecule has 0 unspecified atom stereocenters. The lowest BCUT2D eigenvalue weighted by molar-refractivity contribution is 0.466. The van der Waals surface area contributed by atoms with Crippen molar-refractivity contribution in [3.05, 3.63) is 107 Å². The predicted molar refractivity (Wildman–Crippen MR) is 188 cm³/mol. The van der Waals surface area contributed by atoms with E-state index in [-0.39, 0.29) is 21.7 Å². The van der Waals surface area contributed by atoms with E-state index < -0.39 is 0 Å². The quantitative estimate of drug-likeness (QED) is 0.223. The topological polar surface area (TPSA) is 46.3 Å². The standard InChI is InChI=1S/C27H29NO.C14H22O/c1-26(2,3)19-16-22(27(4,5)6)24-23(17-19)28-25(29-24)21-15-11-10-14-20(21)18-12-8-7-9-13-18;1-13(2,3)10-7-11(14(4,5)6)9-12(15)8-10/h7-17H,1-6H3;7-9,15H,1-6H3. The first-order valence-electron chi connectivity index (χ1n) is 15.7. The summed E-state index contributed by atoms with van der Waals surface area (Å²) in [5.41, 5.74) is 10.2. The molecular formula is C41H51NO2. The monoisotopic (exact) mass is 589 g/mol. The first kappa shape index (κ1) is 33.1. The molecule has 0 aliphatic carbocycles. The SMILES string of the molecule is CC(C)(C)c1cc(C(C)(C)C)c2oc(-c3ccccc3-c3ccccc3)nc2c1.CC(C)(C)c1cc(O)cc(C(C)(C)C)c1. The van der Waals surface area contributed by atoms with Crippen molar-refractivity contribution in [3.63, 3.8) is 0 Å².